The Balaban J connectivity index is 2.56. The molecule has 182 valence electrons. The molecule has 0 aromatic carbocycles. The van der Waals surface area contributed by atoms with Crippen molar-refractivity contribution in [1.29, 1.82) is 0 Å². The molecule has 1 rings (SSSR count). The molecule has 1 aliphatic rings. The SMILES string of the molecule is CCCCC[C@H](CCC1=CC[C@H](O)[C@@H]1CCCCCCC(=O)O)O[Si](C)(C)C(C)(C)C. The van der Waals surface area contributed by atoms with Gasteiger partial charge in [0, 0.05) is 18.4 Å². The first-order valence-electron chi connectivity index (χ1n) is 12.7. The molecule has 1 aliphatic carbocycles. The van der Waals surface area contributed by atoms with Crippen molar-refractivity contribution >= 4 is 14.3 Å². The smallest absolute Gasteiger partial charge is 0.303 e. The predicted octanol–water partition coefficient (Wildman–Crippen LogP) is 7.47. The zero-order valence-electron chi connectivity index (χ0n) is 21.2. The zero-order chi connectivity index (χ0) is 23.5. The molecule has 0 aliphatic heterocycles. The van der Waals surface area contributed by atoms with Gasteiger partial charge in [-0.2, -0.15) is 0 Å². The van der Waals surface area contributed by atoms with Crippen LogP contribution in [0.15, 0.2) is 11.6 Å². The predicted molar refractivity (Wildman–Crippen MR) is 133 cm³/mol. The lowest BCUT2D eigenvalue weighted by molar-refractivity contribution is -0.137. The van der Waals surface area contributed by atoms with Gasteiger partial charge in [0.15, 0.2) is 8.32 Å². The van der Waals surface area contributed by atoms with Gasteiger partial charge in [0.25, 0.3) is 0 Å². The average Bonchev–Trinajstić information content (AvgIpc) is 3.01. The number of aliphatic hydroxyl groups excluding tert-OH is 1. The van der Waals surface area contributed by atoms with Crippen molar-refractivity contribution in [2.45, 2.75) is 142 Å². The first-order valence-corrected chi connectivity index (χ1v) is 15.7. The number of carboxylic acids is 1. The second kappa shape index (κ2) is 13.8. The maximum absolute atomic E-state index is 10.6. The summed E-state index contributed by atoms with van der Waals surface area (Å²) in [6.45, 7) is 13.9. The maximum atomic E-state index is 10.6. The minimum atomic E-state index is -1.79. The molecule has 0 radical (unpaired) electrons. The quantitative estimate of drug-likeness (QED) is 0.144. The van der Waals surface area contributed by atoms with Crippen molar-refractivity contribution in [1.82, 2.24) is 0 Å². The van der Waals surface area contributed by atoms with E-state index in [1.165, 1.54) is 24.8 Å². The van der Waals surface area contributed by atoms with Crippen LogP contribution >= 0.6 is 0 Å². The monoisotopic (exact) mass is 454 g/mol. The van der Waals surface area contributed by atoms with Crippen molar-refractivity contribution < 1.29 is 19.4 Å². The highest BCUT2D eigenvalue weighted by atomic mass is 28.4. The van der Waals surface area contributed by atoms with Gasteiger partial charge in [-0.05, 0) is 56.7 Å². The Morgan fingerprint density at radius 3 is 2.42 bits per heavy atom. The third-order valence-corrected chi connectivity index (χ3v) is 11.9. The Morgan fingerprint density at radius 2 is 1.81 bits per heavy atom. The Hall–Kier alpha value is -0.653. The number of carboxylic acid groups (broad SMARTS) is 1. The lowest BCUT2D eigenvalue weighted by atomic mass is 9.89. The second-order valence-electron chi connectivity index (χ2n) is 11.1. The Bertz CT molecular complexity index is 550. The van der Waals surface area contributed by atoms with Crippen LogP contribution in [-0.4, -0.2) is 36.7 Å². The van der Waals surface area contributed by atoms with E-state index in [1.807, 2.05) is 0 Å². The summed E-state index contributed by atoms with van der Waals surface area (Å²) in [5, 5.41) is 19.5. The summed E-state index contributed by atoms with van der Waals surface area (Å²) in [6, 6.07) is 0. The van der Waals surface area contributed by atoms with Gasteiger partial charge in [-0.3, -0.25) is 4.79 Å². The fourth-order valence-electron chi connectivity index (χ4n) is 4.30. The van der Waals surface area contributed by atoms with Crippen LogP contribution in [0.2, 0.25) is 18.1 Å². The first kappa shape index (κ1) is 28.4. The number of carbonyl (C=O) groups is 1. The lowest BCUT2D eigenvalue weighted by Gasteiger charge is -2.39. The summed E-state index contributed by atoms with van der Waals surface area (Å²) in [4.78, 5) is 10.6. The van der Waals surface area contributed by atoms with Crippen molar-refractivity contribution in [3.8, 4) is 0 Å². The molecule has 4 nitrogen and oxygen atoms in total. The Kier molecular flexibility index (Phi) is 12.6. The number of aliphatic carboxylic acids is 1. The van der Waals surface area contributed by atoms with E-state index in [2.05, 4.69) is 46.9 Å². The van der Waals surface area contributed by atoms with Crippen molar-refractivity contribution in [2.75, 3.05) is 0 Å². The maximum Gasteiger partial charge on any atom is 0.303 e. The van der Waals surface area contributed by atoms with E-state index < -0.39 is 14.3 Å². The van der Waals surface area contributed by atoms with E-state index in [-0.39, 0.29) is 23.5 Å². The van der Waals surface area contributed by atoms with Crippen molar-refractivity contribution in [3.63, 3.8) is 0 Å². The van der Waals surface area contributed by atoms with Crippen LogP contribution in [0.25, 0.3) is 0 Å². The summed E-state index contributed by atoms with van der Waals surface area (Å²) >= 11 is 0. The topological polar surface area (TPSA) is 66.8 Å². The molecule has 0 unspecified atom stereocenters. The second-order valence-corrected chi connectivity index (χ2v) is 15.8. The molecule has 0 aromatic rings. The van der Waals surface area contributed by atoms with E-state index in [4.69, 9.17) is 9.53 Å². The molecule has 0 saturated heterocycles. The minimum absolute atomic E-state index is 0.224. The van der Waals surface area contributed by atoms with Gasteiger partial charge in [-0.15, -0.1) is 0 Å². The van der Waals surface area contributed by atoms with Gasteiger partial charge in [-0.1, -0.05) is 77.9 Å². The molecule has 0 amide bonds. The molecule has 0 saturated carbocycles. The van der Waals surface area contributed by atoms with Gasteiger partial charge in [-0.25, -0.2) is 0 Å². The summed E-state index contributed by atoms with van der Waals surface area (Å²) in [6.07, 6.45) is 15.2. The van der Waals surface area contributed by atoms with Crippen molar-refractivity contribution in [2.24, 2.45) is 5.92 Å². The van der Waals surface area contributed by atoms with Gasteiger partial charge in [0.05, 0.1) is 6.10 Å². The largest absolute Gasteiger partial charge is 0.481 e. The number of hydrogen-bond donors (Lipinski definition) is 2. The lowest BCUT2D eigenvalue weighted by Crippen LogP contribution is -2.44. The molecule has 0 fully saturated rings. The normalized spacial score (nSPS) is 20.7. The molecule has 0 aromatic heterocycles. The highest BCUT2D eigenvalue weighted by molar-refractivity contribution is 6.74. The van der Waals surface area contributed by atoms with Crippen LogP contribution < -0.4 is 0 Å². The van der Waals surface area contributed by atoms with E-state index in [0.717, 1.165) is 57.8 Å². The zero-order valence-corrected chi connectivity index (χ0v) is 22.2. The van der Waals surface area contributed by atoms with E-state index >= 15 is 0 Å². The third kappa shape index (κ3) is 10.7. The molecule has 0 spiro atoms. The highest BCUT2D eigenvalue weighted by Crippen LogP contribution is 2.39. The molecule has 2 N–H and O–H groups in total. The van der Waals surface area contributed by atoms with Gasteiger partial charge >= 0.3 is 5.97 Å². The highest BCUT2D eigenvalue weighted by Gasteiger charge is 2.39. The molecule has 0 heterocycles. The number of aliphatic hydroxyl groups is 1. The third-order valence-electron chi connectivity index (χ3n) is 7.37. The van der Waals surface area contributed by atoms with Crippen LogP contribution in [-0.2, 0) is 9.22 Å². The van der Waals surface area contributed by atoms with Gasteiger partial charge in [0.2, 0.25) is 0 Å². The number of hydrogen-bond acceptors (Lipinski definition) is 3. The summed E-state index contributed by atoms with van der Waals surface area (Å²) in [7, 11) is -1.79. The van der Waals surface area contributed by atoms with Gasteiger partial charge < -0.3 is 14.6 Å². The van der Waals surface area contributed by atoms with E-state index in [1.54, 1.807) is 0 Å². The van der Waals surface area contributed by atoms with Crippen LogP contribution in [0.1, 0.15) is 111 Å². The van der Waals surface area contributed by atoms with E-state index in [9.17, 15) is 9.90 Å². The van der Waals surface area contributed by atoms with Gasteiger partial charge in [0.1, 0.15) is 0 Å². The van der Waals surface area contributed by atoms with Crippen LogP contribution in [0.5, 0.6) is 0 Å². The Labute approximate surface area is 193 Å². The standard InChI is InChI=1S/C26H50O4Si/c1-7-8-11-14-22(30-31(5,6)26(2,3)4)19-17-21-18-20-24(27)23(21)15-12-9-10-13-16-25(28)29/h18,22-24,27H,7-17,19-20H2,1-6H3,(H,28,29)/t22-,23-,24+/m1/s1. The molecular weight excluding hydrogens is 404 g/mol. The molecular formula is C26H50O4Si. The first-order chi connectivity index (χ1) is 14.5. The Morgan fingerprint density at radius 1 is 1.13 bits per heavy atom. The summed E-state index contributed by atoms with van der Waals surface area (Å²) < 4.78 is 6.82. The molecule has 3 atom stereocenters. The number of rotatable bonds is 16. The van der Waals surface area contributed by atoms with Crippen LogP contribution in [0.4, 0.5) is 0 Å². The molecule has 5 heteroatoms. The number of unbranched alkanes of at least 4 members (excludes halogenated alkanes) is 5. The molecule has 0 bridgehead atoms. The fourth-order valence-corrected chi connectivity index (χ4v) is 5.72. The van der Waals surface area contributed by atoms with Crippen LogP contribution in [0.3, 0.4) is 0 Å². The summed E-state index contributed by atoms with van der Waals surface area (Å²) in [5.74, 6) is -0.423. The van der Waals surface area contributed by atoms with Crippen molar-refractivity contribution in [3.05, 3.63) is 11.6 Å². The van der Waals surface area contributed by atoms with Crippen LogP contribution in [0, 0.1) is 5.92 Å². The summed E-state index contributed by atoms with van der Waals surface area (Å²) in [5.41, 5.74) is 1.43. The average molecular weight is 455 g/mol. The fraction of sp³-hybridized carbons (Fsp3) is 0.885. The minimum Gasteiger partial charge on any atom is -0.481 e. The van der Waals surface area contributed by atoms with E-state index in [0.29, 0.717) is 6.10 Å². The molecule has 31 heavy (non-hydrogen) atoms.